The summed E-state index contributed by atoms with van der Waals surface area (Å²) in [7, 11) is 0. The predicted molar refractivity (Wildman–Crippen MR) is 71.3 cm³/mol. The van der Waals surface area contributed by atoms with Crippen LogP contribution in [0.5, 0.6) is 0 Å². The third-order valence-electron chi connectivity index (χ3n) is 2.18. The lowest BCUT2D eigenvalue weighted by Gasteiger charge is -2.06. The number of anilines is 1. The third-order valence-corrected chi connectivity index (χ3v) is 3.21. The zero-order valence-electron chi connectivity index (χ0n) is 8.95. The van der Waals surface area contributed by atoms with Crippen LogP contribution in [0.4, 0.5) is 14.5 Å². The first-order valence-corrected chi connectivity index (χ1v) is 6.01. The molecule has 1 aromatic heterocycles. The number of amides is 1. The molecular weight excluding hydrogens is 353 g/mol. The van der Waals surface area contributed by atoms with Gasteiger partial charge in [-0.1, -0.05) is 0 Å². The van der Waals surface area contributed by atoms with Gasteiger partial charge in [0, 0.05) is 23.6 Å². The van der Waals surface area contributed by atoms with E-state index in [1.165, 1.54) is 24.5 Å². The number of aromatic nitrogens is 1. The lowest BCUT2D eigenvalue weighted by atomic mass is 10.2. The number of rotatable bonds is 2. The Morgan fingerprint density at radius 1 is 1.17 bits per heavy atom. The van der Waals surface area contributed by atoms with Crippen LogP contribution in [0.1, 0.15) is 10.4 Å². The smallest absolute Gasteiger partial charge is 0.255 e. The molecule has 2 aromatic rings. The van der Waals surface area contributed by atoms with E-state index in [2.05, 4.69) is 10.3 Å². The van der Waals surface area contributed by atoms with E-state index in [1.807, 2.05) is 0 Å². The summed E-state index contributed by atoms with van der Waals surface area (Å²) in [6, 6.07) is 5.16. The lowest BCUT2D eigenvalue weighted by molar-refractivity contribution is 0.102. The van der Waals surface area contributed by atoms with Crippen molar-refractivity contribution in [3.63, 3.8) is 0 Å². The van der Waals surface area contributed by atoms with Gasteiger partial charge in [-0.3, -0.25) is 9.78 Å². The summed E-state index contributed by atoms with van der Waals surface area (Å²) in [5, 5.41) is 2.42. The van der Waals surface area contributed by atoms with Crippen molar-refractivity contribution in [3.8, 4) is 0 Å². The predicted octanol–water partition coefficient (Wildman–Crippen LogP) is 3.22. The number of carbonyl (C=O) groups is 1. The summed E-state index contributed by atoms with van der Waals surface area (Å²) in [5.41, 5.74) is 0.441. The SMILES string of the molecule is O=C(Nc1cc(F)c(I)c(F)c1)c1ccncc1. The minimum atomic E-state index is -0.708. The minimum absolute atomic E-state index is 0.0761. The van der Waals surface area contributed by atoms with E-state index >= 15 is 0 Å². The molecule has 6 heteroatoms. The van der Waals surface area contributed by atoms with Crippen LogP contribution in [0.2, 0.25) is 0 Å². The van der Waals surface area contributed by atoms with Crippen molar-refractivity contribution in [3.05, 3.63) is 57.4 Å². The topological polar surface area (TPSA) is 42.0 Å². The molecule has 0 fully saturated rings. The molecule has 0 unspecified atom stereocenters. The second-order valence-electron chi connectivity index (χ2n) is 3.44. The Kier molecular flexibility index (Phi) is 3.85. The maximum atomic E-state index is 13.3. The molecule has 0 aliphatic rings. The molecule has 0 aliphatic heterocycles. The summed E-state index contributed by atoms with van der Waals surface area (Å²) < 4.78 is 26.5. The van der Waals surface area contributed by atoms with Gasteiger partial charge in [0.15, 0.2) is 0 Å². The molecule has 0 spiro atoms. The largest absolute Gasteiger partial charge is 0.322 e. The molecule has 1 aromatic carbocycles. The van der Waals surface area contributed by atoms with Crippen LogP contribution in [0, 0.1) is 15.2 Å². The number of nitrogens with zero attached hydrogens (tertiary/aromatic N) is 1. The standard InChI is InChI=1S/C12H7F2IN2O/c13-9-5-8(6-10(14)11(9)15)17-12(18)7-1-3-16-4-2-7/h1-6H,(H,17,18). The first kappa shape index (κ1) is 12.9. The van der Waals surface area contributed by atoms with Crippen LogP contribution in [0.25, 0.3) is 0 Å². The van der Waals surface area contributed by atoms with Gasteiger partial charge < -0.3 is 5.32 Å². The molecule has 0 saturated heterocycles. The van der Waals surface area contributed by atoms with Gasteiger partial charge in [-0.2, -0.15) is 0 Å². The molecule has 1 heterocycles. The zero-order chi connectivity index (χ0) is 13.1. The zero-order valence-corrected chi connectivity index (χ0v) is 11.1. The van der Waals surface area contributed by atoms with Gasteiger partial charge >= 0.3 is 0 Å². The van der Waals surface area contributed by atoms with Gasteiger partial charge in [-0.25, -0.2) is 8.78 Å². The van der Waals surface area contributed by atoms with E-state index in [4.69, 9.17) is 0 Å². The number of benzene rings is 1. The number of pyridine rings is 1. The molecule has 2 rings (SSSR count). The fourth-order valence-corrected chi connectivity index (χ4v) is 1.65. The van der Waals surface area contributed by atoms with Gasteiger partial charge in [0.1, 0.15) is 11.6 Å². The van der Waals surface area contributed by atoms with Gasteiger partial charge in [-0.05, 0) is 46.9 Å². The van der Waals surface area contributed by atoms with Gasteiger partial charge in [0.25, 0.3) is 5.91 Å². The normalized spacial score (nSPS) is 10.2. The first-order chi connectivity index (χ1) is 8.58. The van der Waals surface area contributed by atoms with Gasteiger partial charge in [-0.15, -0.1) is 0 Å². The summed E-state index contributed by atoms with van der Waals surface area (Å²) in [6.07, 6.45) is 2.92. The van der Waals surface area contributed by atoms with Crippen molar-refractivity contribution in [2.45, 2.75) is 0 Å². The quantitative estimate of drug-likeness (QED) is 0.660. The molecule has 18 heavy (non-hydrogen) atoms. The molecule has 92 valence electrons. The highest BCUT2D eigenvalue weighted by Crippen LogP contribution is 2.20. The van der Waals surface area contributed by atoms with E-state index < -0.39 is 17.5 Å². The molecule has 0 atom stereocenters. The maximum absolute atomic E-state index is 13.3. The second kappa shape index (κ2) is 5.38. The van der Waals surface area contributed by atoms with E-state index in [0.717, 1.165) is 12.1 Å². The van der Waals surface area contributed by atoms with Crippen LogP contribution in [0.3, 0.4) is 0 Å². The van der Waals surface area contributed by atoms with Crippen LogP contribution in [0.15, 0.2) is 36.7 Å². The van der Waals surface area contributed by atoms with Crippen LogP contribution in [-0.2, 0) is 0 Å². The summed E-state index contributed by atoms with van der Waals surface area (Å²) >= 11 is 1.56. The monoisotopic (exact) mass is 360 g/mol. The average Bonchev–Trinajstić information content (AvgIpc) is 2.37. The highest BCUT2D eigenvalue weighted by atomic mass is 127. The Bertz CT molecular complexity index is 567. The van der Waals surface area contributed by atoms with Gasteiger partial charge in [0.05, 0.1) is 3.57 Å². The van der Waals surface area contributed by atoms with E-state index in [9.17, 15) is 13.6 Å². The summed E-state index contributed by atoms with van der Waals surface area (Å²) in [5.74, 6) is -1.86. The summed E-state index contributed by atoms with van der Waals surface area (Å²) in [6.45, 7) is 0. The van der Waals surface area contributed by atoms with Crippen molar-refractivity contribution in [2.24, 2.45) is 0 Å². The van der Waals surface area contributed by atoms with E-state index in [0.29, 0.717) is 5.56 Å². The summed E-state index contributed by atoms with van der Waals surface area (Å²) in [4.78, 5) is 15.5. The van der Waals surface area contributed by atoms with Crippen LogP contribution >= 0.6 is 22.6 Å². The molecule has 0 aliphatic carbocycles. The van der Waals surface area contributed by atoms with Crippen LogP contribution in [-0.4, -0.2) is 10.9 Å². The Hall–Kier alpha value is -1.57. The van der Waals surface area contributed by atoms with E-state index in [-0.39, 0.29) is 9.26 Å². The average molecular weight is 360 g/mol. The van der Waals surface area contributed by atoms with Crippen molar-refractivity contribution in [1.29, 1.82) is 0 Å². The molecule has 1 N–H and O–H groups in total. The van der Waals surface area contributed by atoms with Gasteiger partial charge in [0.2, 0.25) is 0 Å². The highest BCUT2D eigenvalue weighted by molar-refractivity contribution is 14.1. The molecule has 1 amide bonds. The molecule has 0 bridgehead atoms. The highest BCUT2D eigenvalue weighted by Gasteiger charge is 2.11. The Morgan fingerprint density at radius 3 is 2.28 bits per heavy atom. The fraction of sp³-hybridized carbons (Fsp3) is 0. The second-order valence-corrected chi connectivity index (χ2v) is 4.52. The first-order valence-electron chi connectivity index (χ1n) is 4.94. The van der Waals surface area contributed by atoms with Crippen molar-refractivity contribution in [1.82, 2.24) is 4.98 Å². The molecule has 3 nitrogen and oxygen atoms in total. The van der Waals surface area contributed by atoms with Crippen LogP contribution < -0.4 is 5.32 Å². The third kappa shape index (κ3) is 2.81. The van der Waals surface area contributed by atoms with Crippen molar-refractivity contribution in [2.75, 3.05) is 5.32 Å². The number of nitrogens with one attached hydrogen (secondary N) is 1. The van der Waals surface area contributed by atoms with E-state index in [1.54, 1.807) is 22.6 Å². The Morgan fingerprint density at radius 2 is 1.72 bits per heavy atom. The molecule has 0 radical (unpaired) electrons. The van der Waals surface area contributed by atoms with Crippen molar-refractivity contribution < 1.29 is 13.6 Å². The lowest BCUT2D eigenvalue weighted by Crippen LogP contribution is -2.12. The Balaban J connectivity index is 2.23. The fourth-order valence-electron chi connectivity index (χ4n) is 1.33. The number of carbonyl (C=O) groups excluding carboxylic acids is 1. The molecular formula is C12H7F2IN2O. The molecule has 0 saturated carbocycles. The number of hydrogen-bond donors (Lipinski definition) is 1. The minimum Gasteiger partial charge on any atom is -0.322 e. The maximum Gasteiger partial charge on any atom is 0.255 e. The number of hydrogen-bond acceptors (Lipinski definition) is 2. The van der Waals surface area contributed by atoms with Crippen molar-refractivity contribution >= 4 is 34.2 Å². The Labute approximate surface area is 115 Å². The number of halogens is 3.